The molecular formula is C22H25N3O4. The number of hydrogen-bond donors (Lipinski definition) is 2. The first kappa shape index (κ1) is 20.4. The lowest BCUT2D eigenvalue weighted by atomic mass is 10.0. The average molecular weight is 395 g/mol. The molecule has 1 heterocycles. The number of ether oxygens (including phenoxy) is 1. The molecule has 1 fully saturated rings. The van der Waals surface area contributed by atoms with E-state index in [2.05, 4.69) is 10.6 Å². The number of methoxy groups -OCH3 is 1. The minimum absolute atomic E-state index is 0.0821. The molecule has 0 aromatic heterocycles. The van der Waals surface area contributed by atoms with Gasteiger partial charge < -0.3 is 20.3 Å². The third-order valence-electron chi connectivity index (χ3n) is 4.80. The summed E-state index contributed by atoms with van der Waals surface area (Å²) in [5, 5.41) is 5.68. The van der Waals surface area contributed by atoms with Crippen molar-refractivity contribution in [3.63, 3.8) is 0 Å². The van der Waals surface area contributed by atoms with E-state index in [1.54, 1.807) is 36.3 Å². The van der Waals surface area contributed by atoms with Gasteiger partial charge in [0.25, 0.3) is 0 Å². The molecule has 3 rings (SSSR count). The Balaban J connectivity index is 1.69. The number of nitrogens with one attached hydrogen (secondary N) is 2. The molecule has 0 spiro atoms. The molecule has 1 aliphatic rings. The van der Waals surface area contributed by atoms with Gasteiger partial charge in [0.1, 0.15) is 5.75 Å². The first-order chi connectivity index (χ1) is 14.0. The fraction of sp³-hybridized carbons (Fsp3) is 0.318. The zero-order chi connectivity index (χ0) is 20.8. The number of carbonyl (C=O) groups excluding carboxylic acids is 3. The zero-order valence-electron chi connectivity index (χ0n) is 16.6. The Hall–Kier alpha value is -3.35. The van der Waals surface area contributed by atoms with Crippen molar-refractivity contribution in [2.24, 2.45) is 0 Å². The first-order valence-electron chi connectivity index (χ1n) is 9.57. The smallest absolute Gasteiger partial charge is 0.227 e. The van der Waals surface area contributed by atoms with Crippen molar-refractivity contribution in [3.05, 3.63) is 54.1 Å². The molecule has 0 bridgehead atoms. The van der Waals surface area contributed by atoms with Crippen molar-refractivity contribution in [1.82, 2.24) is 5.32 Å². The number of nitrogens with zero attached hydrogens (tertiary/aromatic N) is 1. The molecule has 1 aliphatic heterocycles. The van der Waals surface area contributed by atoms with Gasteiger partial charge in [-0.25, -0.2) is 0 Å². The maximum atomic E-state index is 12.6. The Morgan fingerprint density at radius 1 is 1.17 bits per heavy atom. The van der Waals surface area contributed by atoms with Gasteiger partial charge in [0.15, 0.2) is 0 Å². The number of hydrogen-bond acceptors (Lipinski definition) is 4. The van der Waals surface area contributed by atoms with Crippen LogP contribution in [-0.4, -0.2) is 31.4 Å². The first-order valence-corrected chi connectivity index (χ1v) is 9.57. The van der Waals surface area contributed by atoms with Crippen LogP contribution < -0.4 is 20.3 Å². The van der Waals surface area contributed by atoms with Crippen molar-refractivity contribution in [2.45, 2.75) is 32.2 Å². The monoisotopic (exact) mass is 395 g/mol. The van der Waals surface area contributed by atoms with Crippen LogP contribution in [0.5, 0.6) is 5.75 Å². The van der Waals surface area contributed by atoms with E-state index in [-0.39, 0.29) is 24.1 Å². The maximum Gasteiger partial charge on any atom is 0.227 e. The van der Waals surface area contributed by atoms with E-state index in [0.29, 0.717) is 24.4 Å². The Morgan fingerprint density at radius 2 is 1.93 bits per heavy atom. The largest absolute Gasteiger partial charge is 0.497 e. The summed E-state index contributed by atoms with van der Waals surface area (Å²) in [7, 11) is 1.58. The quantitative estimate of drug-likeness (QED) is 0.754. The van der Waals surface area contributed by atoms with E-state index in [0.717, 1.165) is 17.7 Å². The van der Waals surface area contributed by atoms with Crippen LogP contribution in [0.2, 0.25) is 0 Å². The summed E-state index contributed by atoms with van der Waals surface area (Å²) in [6, 6.07) is 14.0. The molecule has 0 aliphatic carbocycles. The molecule has 0 radical (unpaired) electrons. The lowest BCUT2D eigenvalue weighted by molar-refractivity contribution is -0.120. The highest BCUT2D eigenvalue weighted by molar-refractivity contribution is 5.97. The van der Waals surface area contributed by atoms with Gasteiger partial charge in [-0.05, 0) is 42.3 Å². The van der Waals surface area contributed by atoms with Crippen molar-refractivity contribution in [1.29, 1.82) is 0 Å². The predicted octanol–water partition coefficient (Wildman–Crippen LogP) is 3.03. The molecule has 1 atom stereocenters. The van der Waals surface area contributed by atoms with E-state index >= 15 is 0 Å². The molecule has 2 aromatic carbocycles. The number of amides is 3. The van der Waals surface area contributed by atoms with Crippen LogP contribution >= 0.6 is 0 Å². The van der Waals surface area contributed by atoms with Crippen molar-refractivity contribution in [2.75, 3.05) is 23.9 Å². The summed E-state index contributed by atoms with van der Waals surface area (Å²) in [4.78, 5) is 37.9. The number of benzene rings is 2. The van der Waals surface area contributed by atoms with E-state index in [1.807, 2.05) is 24.3 Å². The molecular weight excluding hydrogens is 370 g/mol. The third-order valence-corrected chi connectivity index (χ3v) is 4.80. The lowest BCUT2D eigenvalue weighted by Crippen LogP contribution is -2.29. The van der Waals surface area contributed by atoms with E-state index in [9.17, 15) is 14.4 Å². The zero-order valence-corrected chi connectivity index (χ0v) is 16.6. The normalized spacial score (nSPS) is 14.4. The molecule has 3 amide bonds. The topological polar surface area (TPSA) is 87.7 Å². The van der Waals surface area contributed by atoms with E-state index < -0.39 is 6.04 Å². The SMILES string of the molecule is COc1ccc(C(CC(=O)Nc2cccc(N3CCCC3=O)c2)NC(C)=O)cc1. The van der Waals surface area contributed by atoms with Gasteiger partial charge in [-0.1, -0.05) is 18.2 Å². The van der Waals surface area contributed by atoms with Crippen molar-refractivity contribution < 1.29 is 19.1 Å². The Morgan fingerprint density at radius 3 is 2.55 bits per heavy atom. The minimum Gasteiger partial charge on any atom is -0.497 e. The second-order valence-corrected chi connectivity index (χ2v) is 6.98. The Kier molecular flexibility index (Phi) is 6.49. The molecule has 1 unspecified atom stereocenters. The minimum atomic E-state index is -0.457. The van der Waals surface area contributed by atoms with Crippen LogP contribution in [0, 0.1) is 0 Å². The highest BCUT2D eigenvalue weighted by Gasteiger charge is 2.22. The summed E-state index contributed by atoms with van der Waals surface area (Å²) >= 11 is 0. The van der Waals surface area contributed by atoms with Gasteiger partial charge in [-0.3, -0.25) is 14.4 Å². The second-order valence-electron chi connectivity index (χ2n) is 6.98. The summed E-state index contributed by atoms with van der Waals surface area (Å²) in [6.07, 6.45) is 1.48. The van der Waals surface area contributed by atoms with Crippen LogP contribution in [0.25, 0.3) is 0 Å². The predicted molar refractivity (Wildman–Crippen MR) is 111 cm³/mol. The summed E-state index contributed by atoms with van der Waals surface area (Å²) < 4.78 is 5.16. The van der Waals surface area contributed by atoms with Gasteiger partial charge in [0.2, 0.25) is 17.7 Å². The molecule has 1 saturated heterocycles. The van der Waals surface area contributed by atoms with Gasteiger partial charge in [0.05, 0.1) is 19.6 Å². The highest BCUT2D eigenvalue weighted by Crippen LogP contribution is 2.25. The molecule has 7 heteroatoms. The van der Waals surface area contributed by atoms with Gasteiger partial charge in [-0.2, -0.15) is 0 Å². The molecule has 29 heavy (non-hydrogen) atoms. The maximum absolute atomic E-state index is 12.6. The Labute approximate surface area is 170 Å². The van der Waals surface area contributed by atoms with Crippen LogP contribution in [0.3, 0.4) is 0 Å². The molecule has 7 nitrogen and oxygen atoms in total. The van der Waals surface area contributed by atoms with Gasteiger partial charge in [0, 0.05) is 31.3 Å². The van der Waals surface area contributed by atoms with Crippen LogP contribution in [0.15, 0.2) is 48.5 Å². The number of anilines is 2. The lowest BCUT2D eigenvalue weighted by Gasteiger charge is -2.19. The van der Waals surface area contributed by atoms with Crippen molar-refractivity contribution >= 4 is 29.1 Å². The van der Waals surface area contributed by atoms with Crippen LogP contribution in [0.1, 0.15) is 37.8 Å². The summed E-state index contributed by atoms with van der Waals surface area (Å²) in [5.41, 5.74) is 2.20. The van der Waals surface area contributed by atoms with Gasteiger partial charge in [-0.15, -0.1) is 0 Å². The van der Waals surface area contributed by atoms with E-state index in [1.165, 1.54) is 6.92 Å². The standard InChI is InChI=1S/C22H25N3O4/c1-15(26)23-20(16-8-10-19(29-2)11-9-16)14-21(27)24-17-5-3-6-18(13-17)25-12-4-7-22(25)28/h3,5-6,8-11,13,20H,4,7,12,14H2,1-2H3,(H,23,26)(H,24,27). The average Bonchev–Trinajstić information content (AvgIpc) is 3.13. The van der Waals surface area contributed by atoms with Crippen LogP contribution in [0.4, 0.5) is 11.4 Å². The molecule has 152 valence electrons. The molecule has 2 N–H and O–H groups in total. The van der Waals surface area contributed by atoms with Crippen molar-refractivity contribution in [3.8, 4) is 5.75 Å². The highest BCUT2D eigenvalue weighted by atomic mass is 16.5. The molecule has 0 saturated carbocycles. The summed E-state index contributed by atoms with van der Waals surface area (Å²) in [6.45, 7) is 2.11. The summed E-state index contributed by atoms with van der Waals surface area (Å²) in [5.74, 6) is 0.351. The number of rotatable bonds is 7. The van der Waals surface area contributed by atoms with Crippen LogP contribution in [-0.2, 0) is 14.4 Å². The molecule has 2 aromatic rings. The van der Waals surface area contributed by atoms with E-state index in [4.69, 9.17) is 4.74 Å². The Bertz CT molecular complexity index is 895. The fourth-order valence-electron chi connectivity index (χ4n) is 3.40. The fourth-order valence-corrected chi connectivity index (χ4v) is 3.40. The second kappa shape index (κ2) is 9.23. The van der Waals surface area contributed by atoms with Gasteiger partial charge >= 0.3 is 0 Å². The third kappa shape index (κ3) is 5.34. The number of carbonyl (C=O) groups is 3.